The summed E-state index contributed by atoms with van der Waals surface area (Å²) in [5.41, 5.74) is 0.354. The summed E-state index contributed by atoms with van der Waals surface area (Å²) in [4.78, 5) is 0. The van der Waals surface area contributed by atoms with Gasteiger partial charge in [0.2, 0.25) is 0 Å². The Kier molecular flexibility index (Phi) is 6.39. The zero-order chi connectivity index (χ0) is 9.45. The van der Waals surface area contributed by atoms with Crippen LogP contribution in [0.1, 0.15) is 40.5 Å². The van der Waals surface area contributed by atoms with Gasteiger partial charge >= 0.3 is 0 Å². The summed E-state index contributed by atoms with van der Waals surface area (Å²) >= 11 is 0. The normalized spacial score (nSPS) is 21.0. The van der Waals surface area contributed by atoms with E-state index in [1.807, 2.05) is 13.8 Å². The molecule has 0 aromatic rings. The van der Waals surface area contributed by atoms with Gasteiger partial charge in [-0.2, -0.15) is 0 Å². The molecule has 0 bridgehead atoms. The highest BCUT2D eigenvalue weighted by molar-refractivity contribution is 4.84. The smallest absolute Gasteiger partial charge is 0.0483 e. The molecule has 12 heavy (non-hydrogen) atoms. The average molecular weight is 173 g/mol. The summed E-state index contributed by atoms with van der Waals surface area (Å²) in [5.74, 6) is 0. The van der Waals surface area contributed by atoms with Crippen molar-refractivity contribution in [3.05, 3.63) is 0 Å². The summed E-state index contributed by atoms with van der Waals surface area (Å²) in [6.07, 6.45) is 2.31. The Bertz CT molecular complexity index is 92.5. The fourth-order valence-corrected chi connectivity index (χ4v) is 1.43. The van der Waals surface area contributed by atoms with Crippen molar-refractivity contribution in [1.29, 1.82) is 0 Å². The zero-order valence-corrected chi connectivity index (χ0v) is 8.94. The van der Waals surface area contributed by atoms with Crippen LogP contribution in [0.2, 0.25) is 0 Å². The Morgan fingerprint density at radius 1 is 1.25 bits per heavy atom. The van der Waals surface area contributed by atoms with E-state index in [2.05, 4.69) is 19.2 Å². The zero-order valence-electron chi connectivity index (χ0n) is 8.94. The number of hydrogen-bond acceptors (Lipinski definition) is 2. The molecular formula is C10H23NO. The molecule has 1 saturated heterocycles. The van der Waals surface area contributed by atoms with Crippen LogP contribution in [0.25, 0.3) is 0 Å². The molecule has 0 amide bonds. The maximum Gasteiger partial charge on any atom is 0.0483 e. The molecule has 0 radical (unpaired) electrons. The van der Waals surface area contributed by atoms with Crippen LogP contribution in [0, 0.1) is 0 Å². The molecule has 2 nitrogen and oxygen atoms in total. The number of hydrogen-bond donors (Lipinski definition) is 1. The first-order valence-electron chi connectivity index (χ1n) is 5.10. The highest BCUT2D eigenvalue weighted by Crippen LogP contribution is 2.18. The van der Waals surface area contributed by atoms with Crippen molar-refractivity contribution in [3.63, 3.8) is 0 Å². The van der Waals surface area contributed by atoms with Crippen molar-refractivity contribution in [2.45, 2.75) is 46.1 Å². The van der Waals surface area contributed by atoms with Gasteiger partial charge in [0, 0.05) is 18.8 Å². The van der Waals surface area contributed by atoms with Crippen LogP contribution in [0.15, 0.2) is 0 Å². The first kappa shape index (κ1) is 11.9. The molecule has 0 aromatic carbocycles. The number of ether oxygens (including phenoxy) is 1. The van der Waals surface area contributed by atoms with E-state index in [0.29, 0.717) is 5.54 Å². The molecule has 2 heteroatoms. The molecule has 0 unspecified atom stereocenters. The van der Waals surface area contributed by atoms with E-state index >= 15 is 0 Å². The molecule has 0 aromatic heterocycles. The Labute approximate surface area is 76.7 Å². The molecule has 0 atom stereocenters. The lowest BCUT2D eigenvalue weighted by atomic mass is 9.93. The Morgan fingerprint density at radius 3 is 2.17 bits per heavy atom. The third-order valence-electron chi connectivity index (χ3n) is 2.20. The van der Waals surface area contributed by atoms with Gasteiger partial charge in [-0.1, -0.05) is 20.8 Å². The SMILES string of the molecule is CC.CCNC1(C)CCOCC1. The fraction of sp³-hybridized carbons (Fsp3) is 1.00. The minimum absolute atomic E-state index is 0.354. The van der Waals surface area contributed by atoms with Crippen LogP contribution in [-0.2, 0) is 4.74 Å². The Morgan fingerprint density at radius 2 is 1.75 bits per heavy atom. The molecule has 1 N–H and O–H groups in total. The monoisotopic (exact) mass is 173 g/mol. The molecular weight excluding hydrogens is 150 g/mol. The van der Waals surface area contributed by atoms with E-state index in [9.17, 15) is 0 Å². The topological polar surface area (TPSA) is 21.3 Å². The molecule has 0 saturated carbocycles. The molecule has 1 aliphatic heterocycles. The van der Waals surface area contributed by atoms with Crippen LogP contribution in [-0.4, -0.2) is 25.3 Å². The van der Waals surface area contributed by atoms with Gasteiger partial charge in [0.1, 0.15) is 0 Å². The van der Waals surface area contributed by atoms with Crippen LogP contribution < -0.4 is 5.32 Å². The van der Waals surface area contributed by atoms with Gasteiger partial charge in [0.15, 0.2) is 0 Å². The van der Waals surface area contributed by atoms with E-state index < -0.39 is 0 Å². The van der Waals surface area contributed by atoms with Crippen molar-refractivity contribution in [3.8, 4) is 0 Å². The van der Waals surface area contributed by atoms with Crippen LogP contribution >= 0.6 is 0 Å². The third kappa shape index (κ3) is 4.07. The summed E-state index contributed by atoms with van der Waals surface area (Å²) < 4.78 is 5.27. The van der Waals surface area contributed by atoms with E-state index in [0.717, 1.165) is 32.6 Å². The molecule has 0 aliphatic carbocycles. The van der Waals surface area contributed by atoms with Crippen LogP contribution in [0.4, 0.5) is 0 Å². The second kappa shape index (κ2) is 6.44. The number of nitrogens with one attached hydrogen (secondary N) is 1. The highest BCUT2D eigenvalue weighted by Gasteiger charge is 2.25. The van der Waals surface area contributed by atoms with Crippen molar-refractivity contribution < 1.29 is 4.74 Å². The summed E-state index contributed by atoms with van der Waals surface area (Å²) in [6, 6.07) is 0. The molecule has 1 aliphatic rings. The van der Waals surface area contributed by atoms with Crippen molar-refractivity contribution in [2.24, 2.45) is 0 Å². The summed E-state index contributed by atoms with van der Waals surface area (Å²) in [7, 11) is 0. The van der Waals surface area contributed by atoms with Gasteiger partial charge in [0.05, 0.1) is 0 Å². The second-order valence-electron chi connectivity index (χ2n) is 3.20. The maximum atomic E-state index is 5.27. The minimum atomic E-state index is 0.354. The quantitative estimate of drug-likeness (QED) is 0.691. The van der Waals surface area contributed by atoms with Crippen LogP contribution in [0.5, 0.6) is 0 Å². The molecule has 0 spiro atoms. The summed E-state index contributed by atoms with van der Waals surface area (Å²) in [6.45, 7) is 11.3. The predicted octanol–water partition coefficient (Wildman–Crippen LogP) is 2.19. The lowest BCUT2D eigenvalue weighted by molar-refractivity contribution is 0.0461. The van der Waals surface area contributed by atoms with Gasteiger partial charge in [-0.25, -0.2) is 0 Å². The standard InChI is InChI=1S/C8H17NO.C2H6/c1-3-9-8(2)4-6-10-7-5-8;1-2/h9H,3-7H2,1-2H3;1-2H3. The van der Waals surface area contributed by atoms with Gasteiger partial charge in [0.25, 0.3) is 0 Å². The highest BCUT2D eigenvalue weighted by atomic mass is 16.5. The van der Waals surface area contributed by atoms with E-state index in [-0.39, 0.29) is 0 Å². The van der Waals surface area contributed by atoms with E-state index in [1.54, 1.807) is 0 Å². The Hall–Kier alpha value is -0.0800. The van der Waals surface area contributed by atoms with Crippen molar-refractivity contribution in [1.82, 2.24) is 5.32 Å². The van der Waals surface area contributed by atoms with E-state index in [1.165, 1.54) is 0 Å². The molecule has 74 valence electrons. The molecule has 1 fully saturated rings. The molecule has 1 rings (SSSR count). The molecule has 1 heterocycles. The van der Waals surface area contributed by atoms with E-state index in [4.69, 9.17) is 4.74 Å². The lowest BCUT2D eigenvalue weighted by Crippen LogP contribution is -2.46. The largest absolute Gasteiger partial charge is 0.381 e. The average Bonchev–Trinajstić information content (AvgIpc) is 2.09. The second-order valence-corrected chi connectivity index (χ2v) is 3.20. The first-order chi connectivity index (χ1) is 5.77. The summed E-state index contributed by atoms with van der Waals surface area (Å²) in [5, 5.41) is 3.48. The minimum Gasteiger partial charge on any atom is -0.381 e. The fourth-order valence-electron chi connectivity index (χ4n) is 1.43. The van der Waals surface area contributed by atoms with Crippen molar-refractivity contribution in [2.75, 3.05) is 19.8 Å². The van der Waals surface area contributed by atoms with Gasteiger partial charge in [-0.3, -0.25) is 0 Å². The van der Waals surface area contributed by atoms with Gasteiger partial charge < -0.3 is 10.1 Å². The third-order valence-corrected chi connectivity index (χ3v) is 2.20. The predicted molar refractivity (Wildman–Crippen MR) is 53.5 cm³/mol. The van der Waals surface area contributed by atoms with Gasteiger partial charge in [-0.05, 0) is 26.3 Å². The number of rotatable bonds is 2. The lowest BCUT2D eigenvalue weighted by Gasteiger charge is -2.34. The van der Waals surface area contributed by atoms with Crippen molar-refractivity contribution >= 4 is 0 Å². The Balaban J connectivity index is 0.000000561. The first-order valence-corrected chi connectivity index (χ1v) is 5.10. The van der Waals surface area contributed by atoms with Crippen LogP contribution in [0.3, 0.4) is 0 Å². The van der Waals surface area contributed by atoms with Gasteiger partial charge in [-0.15, -0.1) is 0 Å². The maximum absolute atomic E-state index is 5.27.